The van der Waals surface area contributed by atoms with Gasteiger partial charge in [-0.15, -0.1) is 11.3 Å². The summed E-state index contributed by atoms with van der Waals surface area (Å²) in [5.74, 6) is 0. The molecular formula is C23H26N2O2S2. The van der Waals surface area contributed by atoms with Crippen molar-refractivity contribution in [3.8, 4) is 0 Å². The van der Waals surface area contributed by atoms with Crippen molar-refractivity contribution < 1.29 is 8.42 Å². The molecule has 2 aromatic carbocycles. The maximum absolute atomic E-state index is 13.2. The first-order chi connectivity index (χ1) is 13.9. The van der Waals surface area contributed by atoms with E-state index < -0.39 is 10.0 Å². The molecule has 4 nitrogen and oxygen atoms in total. The first kappa shape index (κ1) is 20.1. The molecule has 0 unspecified atom stereocenters. The fourth-order valence-corrected chi connectivity index (χ4v) is 6.71. The average Bonchev–Trinajstić information content (AvgIpc) is 3.31. The molecule has 2 heterocycles. The van der Waals surface area contributed by atoms with E-state index in [2.05, 4.69) is 33.9 Å². The van der Waals surface area contributed by atoms with Crippen LogP contribution in [-0.4, -0.2) is 21.5 Å². The third-order valence-electron chi connectivity index (χ3n) is 5.51. The van der Waals surface area contributed by atoms with Gasteiger partial charge in [0, 0.05) is 23.7 Å². The highest BCUT2D eigenvalue weighted by Gasteiger charge is 2.29. The number of nitrogens with one attached hydrogen (secondary N) is 1. The van der Waals surface area contributed by atoms with Crippen molar-refractivity contribution in [2.24, 2.45) is 0 Å². The van der Waals surface area contributed by atoms with Crippen molar-refractivity contribution in [1.82, 2.24) is 4.72 Å². The fraction of sp³-hybridized carbons (Fsp3) is 0.304. The van der Waals surface area contributed by atoms with Crippen molar-refractivity contribution >= 4 is 27.0 Å². The summed E-state index contributed by atoms with van der Waals surface area (Å²) in [6.45, 7) is 6.95. The monoisotopic (exact) mass is 426 g/mol. The quantitative estimate of drug-likeness (QED) is 0.618. The molecule has 152 valence electrons. The molecule has 0 amide bonds. The second-order valence-electron chi connectivity index (χ2n) is 7.68. The van der Waals surface area contributed by atoms with Crippen molar-refractivity contribution in [2.75, 3.05) is 18.0 Å². The van der Waals surface area contributed by atoms with Gasteiger partial charge in [0.2, 0.25) is 10.0 Å². The molecule has 4 rings (SSSR count). The Hall–Kier alpha value is -2.15. The van der Waals surface area contributed by atoms with E-state index in [0.29, 0.717) is 11.4 Å². The van der Waals surface area contributed by atoms with Gasteiger partial charge in [0.25, 0.3) is 0 Å². The van der Waals surface area contributed by atoms with E-state index in [-0.39, 0.29) is 6.04 Å². The van der Waals surface area contributed by atoms with Crippen LogP contribution in [0.5, 0.6) is 0 Å². The predicted octanol–water partition coefficient (Wildman–Crippen LogP) is 4.76. The van der Waals surface area contributed by atoms with E-state index in [4.69, 9.17) is 0 Å². The molecule has 0 bridgehead atoms. The first-order valence-electron chi connectivity index (χ1n) is 9.82. The van der Waals surface area contributed by atoms with E-state index in [1.54, 1.807) is 11.3 Å². The van der Waals surface area contributed by atoms with Crippen LogP contribution in [0.3, 0.4) is 0 Å². The summed E-state index contributed by atoms with van der Waals surface area (Å²) in [6.07, 6.45) is 0.987. The predicted molar refractivity (Wildman–Crippen MR) is 120 cm³/mol. The van der Waals surface area contributed by atoms with Crippen LogP contribution in [0, 0.1) is 20.8 Å². The Balaban J connectivity index is 1.64. The zero-order valence-corrected chi connectivity index (χ0v) is 18.6. The second kappa shape index (κ2) is 7.94. The number of nitrogens with zero attached hydrogens (tertiary/aromatic N) is 1. The van der Waals surface area contributed by atoms with Gasteiger partial charge in [0.1, 0.15) is 0 Å². The highest BCUT2D eigenvalue weighted by molar-refractivity contribution is 7.89. The Morgan fingerprint density at radius 3 is 2.48 bits per heavy atom. The molecule has 1 aliphatic rings. The maximum Gasteiger partial charge on any atom is 0.241 e. The standard InChI is InChI=1S/C23H26N2O2S2/c1-16-13-17(2)23(18(3)14-16)29(26,27)24-15-21(22-9-6-12-28-22)25-11-10-19-7-4-5-8-20(19)25/h4-9,12-14,21,24H,10-11,15H2,1-3H3/t21-/m1/s1. The summed E-state index contributed by atoms with van der Waals surface area (Å²) in [5, 5.41) is 2.05. The minimum absolute atomic E-state index is 0.0283. The highest BCUT2D eigenvalue weighted by Crippen LogP contribution is 2.36. The van der Waals surface area contributed by atoms with Gasteiger partial charge < -0.3 is 4.90 Å². The number of benzene rings is 2. The van der Waals surface area contributed by atoms with Gasteiger partial charge >= 0.3 is 0 Å². The van der Waals surface area contributed by atoms with E-state index >= 15 is 0 Å². The number of thiophene rings is 1. The molecular weight excluding hydrogens is 400 g/mol. The van der Waals surface area contributed by atoms with E-state index in [0.717, 1.165) is 29.7 Å². The second-order valence-corrected chi connectivity index (χ2v) is 10.4. The third kappa shape index (κ3) is 3.97. The number of rotatable bonds is 6. The Kier molecular flexibility index (Phi) is 5.51. The van der Waals surface area contributed by atoms with Crippen LogP contribution >= 0.6 is 11.3 Å². The van der Waals surface area contributed by atoms with Gasteiger partial charge in [-0.2, -0.15) is 0 Å². The third-order valence-corrected chi connectivity index (χ3v) is 8.21. The Morgan fingerprint density at radius 1 is 1.07 bits per heavy atom. The number of hydrogen-bond acceptors (Lipinski definition) is 4. The molecule has 6 heteroatoms. The van der Waals surface area contributed by atoms with E-state index in [1.165, 1.54) is 16.1 Å². The molecule has 29 heavy (non-hydrogen) atoms. The Labute approximate surface area is 177 Å². The maximum atomic E-state index is 13.2. The SMILES string of the molecule is Cc1cc(C)c(S(=O)(=O)NC[C@H](c2cccs2)N2CCc3ccccc32)c(C)c1. The molecule has 0 spiro atoms. The first-order valence-corrected chi connectivity index (χ1v) is 12.2. The lowest BCUT2D eigenvalue weighted by molar-refractivity contribution is 0.564. The number of sulfonamides is 1. The highest BCUT2D eigenvalue weighted by atomic mass is 32.2. The van der Waals surface area contributed by atoms with Gasteiger partial charge in [0.05, 0.1) is 10.9 Å². The lowest BCUT2D eigenvalue weighted by atomic mass is 10.1. The summed E-state index contributed by atoms with van der Waals surface area (Å²) in [5.41, 5.74) is 5.17. The number of hydrogen-bond donors (Lipinski definition) is 1. The van der Waals surface area contributed by atoms with Gasteiger partial charge in [-0.05, 0) is 61.4 Å². The number of anilines is 1. The molecule has 0 aliphatic carbocycles. The summed E-state index contributed by atoms with van der Waals surface area (Å²) >= 11 is 1.67. The summed E-state index contributed by atoms with van der Waals surface area (Å²) in [6, 6.07) is 16.3. The lowest BCUT2D eigenvalue weighted by Gasteiger charge is -2.30. The summed E-state index contributed by atoms with van der Waals surface area (Å²) < 4.78 is 29.3. The molecule has 0 radical (unpaired) electrons. The molecule has 1 N–H and O–H groups in total. The number of aryl methyl sites for hydroxylation is 3. The molecule has 1 aliphatic heterocycles. The molecule has 3 aromatic rings. The van der Waals surface area contributed by atoms with Gasteiger partial charge in [-0.1, -0.05) is 42.0 Å². The Bertz CT molecular complexity index is 1100. The molecule has 0 fully saturated rings. The van der Waals surface area contributed by atoms with E-state index in [9.17, 15) is 8.42 Å². The van der Waals surface area contributed by atoms with Gasteiger partial charge in [0.15, 0.2) is 0 Å². The van der Waals surface area contributed by atoms with Crippen molar-refractivity contribution in [3.63, 3.8) is 0 Å². The van der Waals surface area contributed by atoms with Crippen LogP contribution in [0.25, 0.3) is 0 Å². The molecule has 1 aromatic heterocycles. The molecule has 0 saturated carbocycles. The van der Waals surface area contributed by atoms with Crippen molar-refractivity contribution in [3.05, 3.63) is 81.0 Å². The largest absolute Gasteiger partial charge is 0.362 e. The van der Waals surface area contributed by atoms with Crippen LogP contribution in [0.2, 0.25) is 0 Å². The summed E-state index contributed by atoms with van der Waals surface area (Å²) in [7, 11) is -3.60. The fourth-order valence-electron chi connectivity index (χ4n) is 4.38. The summed E-state index contributed by atoms with van der Waals surface area (Å²) in [4.78, 5) is 3.90. The van der Waals surface area contributed by atoms with E-state index in [1.807, 2.05) is 50.4 Å². The zero-order valence-electron chi connectivity index (χ0n) is 17.0. The molecule has 0 saturated heterocycles. The van der Waals surface area contributed by atoms with Crippen molar-refractivity contribution in [1.29, 1.82) is 0 Å². The van der Waals surface area contributed by atoms with Crippen LogP contribution in [0.1, 0.15) is 33.2 Å². The van der Waals surface area contributed by atoms with Crippen LogP contribution < -0.4 is 9.62 Å². The average molecular weight is 427 g/mol. The van der Waals surface area contributed by atoms with Gasteiger partial charge in [-0.25, -0.2) is 13.1 Å². The topological polar surface area (TPSA) is 49.4 Å². The number of para-hydroxylation sites is 1. The smallest absolute Gasteiger partial charge is 0.241 e. The van der Waals surface area contributed by atoms with Gasteiger partial charge in [-0.3, -0.25) is 0 Å². The van der Waals surface area contributed by atoms with Crippen molar-refractivity contribution in [2.45, 2.75) is 38.1 Å². The van der Waals surface area contributed by atoms with Crippen LogP contribution in [-0.2, 0) is 16.4 Å². The molecule has 1 atom stereocenters. The minimum Gasteiger partial charge on any atom is -0.362 e. The van der Waals surface area contributed by atoms with Crippen LogP contribution in [0.4, 0.5) is 5.69 Å². The Morgan fingerprint density at radius 2 is 1.79 bits per heavy atom. The minimum atomic E-state index is -3.60. The number of fused-ring (bicyclic) bond motifs is 1. The van der Waals surface area contributed by atoms with Crippen LogP contribution in [0.15, 0.2) is 58.8 Å². The lowest BCUT2D eigenvalue weighted by Crippen LogP contribution is -2.37. The zero-order chi connectivity index (χ0) is 20.6. The normalized spacial score (nSPS) is 14.8.